The normalized spacial score (nSPS) is 10.6. The predicted octanol–water partition coefficient (Wildman–Crippen LogP) is -2.16. The average molecular weight is 527 g/mol. The number of ether oxygens (including phenoxy) is 3. The van der Waals surface area contributed by atoms with Gasteiger partial charge in [-0.1, -0.05) is 0 Å². The van der Waals surface area contributed by atoms with E-state index in [0.717, 1.165) is 13.7 Å². The third kappa shape index (κ3) is 9.71. The van der Waals surface area contributed by atoms with E-state index in [2.05, 4.69) is 37.9 Å². The van der Waals surface area contributed by atoms with Crippen LogP contribution in [0.25, 0.3) is 0 Å². The van der Waals surface area contributed by atoms with Crippen molar-refractivity contribution in [3.05, 3.63) is 31.5 Å². The van der Waals surface area contributed by atoms with Crippen molar-refractivity contribution >= 4 is 55.8 Å². The van der Waals surface area contributed by atoms with Crippen molar-refractivity contribution < 1.29 is 28.6 Å². The van der Waals surface area contributed by atoms with Crippen molar-refractivity contribution in [2.24, 2.45) is 0 Å². The number of hydrogen-bond acceptors (Lipinski definition) is 11. The highest BCUT2D eigenvalue weighted by Gasteiger charge is 2.17. The molecule has 1 aromatic heterocycles. The summed E-state index contributed by atoms with van der Waals surface area (Å²) >= 11 is 11.0. The van der Waals surface area contributed by atoms with Crippen molar-refractivity contribution in [3.8, 4) is 0 Å². The Labute approximate surface area is 205 Å². The lowest BCUT2D eigenvalue weighted by Gasteiger charge is -2.14. The van der Waals surface area contributed by atoms with Gasteiger partial charge in [0.05, 0.1) is 38.9 Å². The number of nitrogens with zero attached hydrogens (tertiary/aromatic N) is 3. The molecule has 0 unspecified atom stereocenters. The van der Waals surface area contributed by atoms with Crippen molar-refractivity contribution in [2.75, 3.05) is 37.1 Å². The van der Waals surface area contributed by atoms with Gasteiger partial charge in [0.25, 0.3) is 0 Å². The molecule has 33 heavy (non-hydrogen) atoms. The van der Waals surface area contributed by atoms with E-state index in [4.69, 9.17) is 14.2 Å². The largest absolute Gasteiger partial charge is 0.464 e. The number of hydrogen-bond donors (Lipinski definition) is 2. The molecule has 0 saturated carbocycles. The van der Waals surface area contributed by atoms with Gasteiger partial charge in [-0.3, -0.25) is 14.4 Å². The summed E-state index contributed by atoms with van der Waals surface area (Å²) in [7, 11) is 0. The molecule has 0 aliphatic rings. The van der Waals surface area contributed by atoms with Crippen molar-refractivity contribution in [3.63, 3.8) is 0 Å². The topological polar surface area (TPSA) is 145 Å². The van der Waals surface area contributed by atoms with Crippen LogP contribution in [0.4, 0.5) is 0 Å². The van der Waals surface area contributed by atoms with E-state index in [1.807, 2.05) is 0 Å². The lowest BCUT2D eigenvalue weighted by atomic mass is 10.5. The molecule has 0 amide bonds. The maximum Gasteiger partial charge on any atom is 0.336 e. The molecular formula is C18H28N3O9S3+. The Morgan fingerprint density at radius 1 is 0.636 bits per heavy atom. The van der Waals surface area contributed by atoms with Crippen LogP contribution < -0.4 is 17.1 Å². The number of carbonyl (C=O) groups excluding carboxylic acids is 3. The van der Waals surface area contributed by atoms with E-state index in [1.165, 1.54) is 0 Å². The summed E-state index contributed by atoms with van der Waals surface area (Å²) in [5.41, 5.74) is -2.85. The lowest BCUT2D eigenvalue weighted by Crippen LogP contribution is -2.55. The number of esters is 3. The zero-order chi connectivity index (χ0) is 24.8. The summed E-state index contributed by atoms with van der Waals surface area (Å²) < 4.78 is 17.1. The summed E-state index contributed by atoms with van der Waals surface area (Å²) in [6.45, 7) is -1.75. The lowest BCUT2D eigenvalue weighted by molar-refractivity contribution is -0.144. The summed E-state index contributed by atoms with van der Waals surface area (Å²) in [5.74, 6) is -0.706. The molecule has 0 aliphatic carbocycles. The molecule has 0 saturated heterocycles. The molecule has 0 fully saturated rings. The molecule has 12 nitrogen and oxygen atoms in total. The zero-order valence-electron chi connectivity index (χ0n) is 17.9. The molecular weight excluding hydrogens is 498 g/mol. The maximum atomic E-state index is 12.8. The van der Waals surface area contributed by atoms with Gasteiger partial charge in [0.1, 0.15) is 25.6 Å². The number of rotatable bonds is 15. The van der Waals surface area contributed by atoms with Crippen LogP contribution in [0.15, 0.2) is 14.4 Å². The summed E-state index contributed by atoms with van der Waals surface area (Å²) in [6.07, 6.45) is 0.211. The monoisotopic (exact) mass is 526 g/mol. The molecule has 0 aliphatic heterocycles. The van der Waals surface area contributed by atoms with E-state index in [0.29, 0.717) is 5.75 Å². The first-order valence-electron chi connectivity index (χ1n) is 10.0. The van der Waals surface area contributed by atoms with Crippen LogP contribution >= 0.6 is 25.3 Å². The Balaban J connectivity index is 3.13. The fourth-order valence-corrected chi connectivity index (χ4v) is 3.08. The van der Waals surface area contributed by atoms with Crippen molar-refractivity contribution in [1.29, 1.82) is 0 Å². The highest BCUT2D eigenvalue weighted by atomic mass is 32.1. The second kappa shape index (κ2) is 15.7. The van der Waals surface area contributed by atoms with Crippen molar-refractivity contribution in [1.82, 2.24) is 13.7 Å². The standard InChI is InChI=1S/C18H27N3O9S3/c22-13(1-10-31)28-7-4-19-16(25)20(5-8-29-14(23)2-11-32)18(27)21(17(19)26)6-9-30-15(24)3-12-33/h31-33H,1-12H2/p+1. The van der Waals surface area contributed by atoms with Gasteiger partial charge in [-0.15, -0.1) is 0 Å². The molecule has 1 rings (SSSR count). The molecule has 0 aromatic carbocycles. The first-order chi connectivity index (χ1) is 15.8. The van der Waals surface area contributed by atoms with Crippen LogP contribution in [-0.2, 0) is 60.9 Å². The van der Waals surface area contributed by atoms with Crippen LogP contribution in [-0.4, -0.2) is 68.7 Å². The minimum Gasteiger partial charge on any atom is -0.464 e. The highest BCUT2D eigenvalue weighted by Crippen LogP contribution is 1.92. The smallest absolute Gasteiger partial charge is 0.336 e. The maximum absolute atomic E-state index is 12.8. The molecule has 0 radical (unpaired) electrons. The van der Waals surface area contributed by atoms with Crippen LogP contribution in [0, 0.1) is 0 Å². The fourth-order valence-electron chi connectivity index (χ4n) is 2.51. The van der Waals surface area contributed by atoms with Gasteiger partial charge in [-0.2, -0.15) is 25.3 Å². The Bertz CT molecular complexity index is 833. The highest BCUT2D eigenvalue weighted by molar-refractivity contribution is 7.80. The Morgan fingerprint density at radius 2 is 0.939 bits per heavy atom. The second-order valence-electron chi connectivity index (χ2n) is 6.41. The fraction of sp³-hybridized carbons (Fsp3) is 0.667. The summed E-state index contributed by atoms with van der Waals surface area (Å²) in [4.78, 5) is 72.8. The molecule has 15 heteroatoms. The van der Waals surface area contributed by atoms with Crippen LogP contribution in [0.5, 0.6) is 0 Å². The minimum absolute atomic E-state index is 0.0546. The van der Waals surface area contributed by atoms with Crippen LogP contribution in [0.2, 0.25) is 0 Å². The molecule has 0 atom stereocenters. The molecule has 186 valence electrons. The molecule has 0 N–H and O–H groups in total. The Morgan fingerprint density at radius 3 is 1.21 bits per heavy atom. The molecule has 0 spiro atoms. The quantitative estimate of drug-likeness (QED) is 0.113. The zero-order valence-corrected chi connectivity index (χ0v) is 20.7. The van der Waals surface area contributed by atoms with Gasteiger partial charge in [0.2, 0.25) is 0 Å². The number of aromatic nitrogens is 3. The summed E-state index contributed by atoms with van der Waals surface area (Å²) in [6, 6.07) is 0. The number of carbonyl (C=O) groups is 3. The van der Waals surface area contributed by atoms with Gasteiger partial charge in [-0.25, -0.2) is 28.1 Å². The average Bonchev–Trinajstić information content (AvgIpc) is 2.76. The van der Waals surface area contributed by atoms with Gasteiger partial charge < -0.3 is 14.2 Å². The molecule has 1 aromatic rings. The minimum atomic E-state index is -0.951. The van der Waals surface area contributed by atoms with Crippen LogP contribution in [0.1, 0.15) is 19.3 Å². The van der Waals surface area contributed by atoms with Gasteiger partial charge in [-0.05, 0) is 12.6 Å². The Kier molecular flexibility index (Phi) is 13.7. The van der Waals surface area contributed by atoms with E-state index >= 15 is 0 Å². The van der Waals surface area contributed by atoms with E-state index in [-0.39, 0.29) is 70.2 Å². The Hall–Kier alpha value is -2.13. The third-order valence-corrected chi connectivity index (χ3v) is 4.78. The number of thiol groups is 2. The van der Waals surface area contributed by atoms with E-state index in [9.17, 15) is 28.8 Å². The first kappa shape index (κ1) is 28.9. The van der Waals surface area contributed by atoms with Gasteiger partial charge in [0, 0.05) is 11.5 Å². The third-order valence-electron chi connectivity index (χ3n) is 4.08. The molecule has 0 bridgehead atoms. The van der Waals surface area contributed by atoms with Gasteiger partial charge >= 0.3 is 35.0 Å². The SMILES string of the molecule is O=C(CCS)OCCn1c(=O)n(CCOC(=O)CCS)c(=O)n(CCOC(=O)CC[SH2+])c1=O. The summed E-state index contributed by atoms with van der Waals surface area (Å²) in [5, 5.41) is 0. The predicted molar refractivity (Wildman–Crippen MR) is 129 cm³/mol. The first-order valence-corrected chi connectivity index (χ1v) is 12.0. The van der Waals surface area contributed by atoms with E-state index in [1.54, 1.807) is 0 Å². The van der Waals surface area contributed by atoms with E-state index < -0.39 is 35.0 Å². The molecule has 1 heterocycles. The second-order valence-corrected chi connectivity index (χ2v) is 7.81. The van der Waals surface area contributed by atoms with Crippen LogP contribution in [0.3, 0.4) is 0 Å². The van der Waals surface area contributed by atoms with Crippen molar-refractivity contribution in [2.45, 2.75) is 38.9 Å². The van der Waals surface area contributed by atoms with Gasteiger partial charge in [0.15, 0.2) is 0 Å².